The smallest absolute Gasteiger partial charge is 0.306 e. The predicted octanol–water partition coefficient (Wildman–Crippen LogP) is 2.94. The fourth-order valence-electron chi connectivity index (χ4n) is 3.27. The zero-order valence-corrected chi connectivity index (χ0v) is 16.1. The fraction of sp³-hybridized carbons (Fsp3) is 0.250. The number of hydrogen-bond acceptors (Lipinski definition) is 7. The van der Waals surface area contributed by atoms with E-state index in [1.165, 1.54) is 6.20 Å². The number of aromatic nitrogens is 3. The Balaban J connectivity index is 1.67. The Morgan fingerprint density at radius 3 is 2.82 bits per heavy atom. The summed E-state index contributed by atoms with van der Waals surface area (Å²) < 4.78 is 33.7. The van der Waals surface area contributed by atoms with Gasteiger partial charge in [-0.15, -0.1) is 0 Å². The van der Waals surface area contributed by atoms with Crippen molar-refractivity contribution in [2.75, 3.05) is 6.26 Å². The van der Waals surface area contributed by atoms with Crippen LogP contribution in [0.2, 0.25) is 0 Å². The lowest BCUT2D eigenvalue weighted by Gasteiger charge is -2.13. The minimum Gasteiger partial charge on any atom is -0.471 e. The van der Waals surface area contributed by atoms with Crippen LogP contribution in [0.1, 0.15) is 23.4 Å². The fourth-order valence-corrected chi connectivity index (χ4v) is 3.71. The summed E-state index contributed by atoms with van der Waals surface area (Å²) in [7, 11) is -3.62. The molecule has 0 spiro atoms. The molecule has 3 aromatic heterocycles. The Bertz CT molecular complexity index is 1100. The van der Waals surface area contributed by atoms with Crippen molar-refractivity contribution in [1.29, 1.82) is 0 Å². The van der Waals surface area contributed by atoms with Crippen LogP contribution < -0.4 is 8.92 Å². The zero-order valence-electron chi connectivity index (χ0n) is 15.3. The quantitative estimate of drug-likeness (QED) is 0.591. The van der Waals surface area contributed by atoms with Crippen molar-refractivity contribution in [2.45, 2.75) is 25.9 Å². The van der Waals surface area contributed by atoms with E-state index >= 15 is 0 Å². The van der Waals surface area contributed by atoms with Gasteiger partial charge in [-0.3, -0.25) is 9.97 Å². The maximum Gasteiger partial charge on any atom is 0.306 e. The predicted molar refractivity (Wildman–Crippen MR) is 104 cm³/mol. The van der Waals surface area contributed by atoms with E-state index in [9.17, 15) is 8.42 Å². The van der Waals surface area contributed by atoms with Gasteiger partial charge in [-0.1, -0.05) is 6.07 Å². The monoisotopic (exact) mass is 397 g/mol. The summed E-state index contributed by atoms with van der Waals surface area (Å²) in [5, 5.41) is 0. The highest BCUT2D eigenvalue weighted by Crippen LogP contribution is 2.35. The second-order valence-corrected chi connectivity index (χ2v) is 8.17. The minimum absolute atomic E-state index is 0.180. The van der Waals surface area contributed by atoms with Gasteiger partial charge < -0.3 is 8.92 Å². The molecule has 0 amide bonds. The second kappa shape index (κ2) is 7.55. The lowest BCUT2D eigenvalue weighted by atomic mass is 10.0. The molecular formula is C20H19N3O4S. The topological polar surface area (TPSA) is 91.3 Å². The summed E-state index contributed by atoms with van der Waals surface area (Å²) in [4.78, 5) is 13.0. The molecule has 0 N–H and O–H groups in total. The molecule has 4 rings (SSSR count). The van der Waals surface area contributed by atoms with Crippen LogP contribution in [0.25, 0.3) is 11.1 Å². The van der Waals surface area contributed by atoms with E-state index in [4.69, 9.17) is 8.92 Å². The third-order valence-corrected chi connectivity index (χ3v) is 4.89. The molecule has 3 aromatic rings. The van der Waals surface area contributed by atoms with E-state index in [0.717, 1.165) is 53.6 Å². The number of fused-ring (bicyclic) bond motifs is 1. The lowest BCUT2D eigenvalue weighted by Crippen LogP contribution is -2.06. The molecule has 0 atom stereocenters. The maximum absolute atomic E-state index is 11.4. The summed E-state index contributed by atoms with van der Waals surface area (Å²) in [6.45, 7) is 0.321. The van der Waals surface area contributed by atoms with Gasteiger partial charge in [0, 0.05) is 29.7 Å². The van der Waals surface area contributed by atoms with Crippen LogP contribution in [0, 0.1) is 0 Å². The number of ether oxygens (including phenoxy) is 1. The van der Waals surface area contributed by atoms with E-state index in [0.29, 0.717) is 12.5 Å². The number of aryl methyl sites for hydroxylation is 1. The first-order valence-corrected chi connectivity index (χ1v) is 10.7. The molecule has 8 heteroatoms. The number of nitrogens with zero attached hydrogens (tertiary/aromatic N) is 3. The molecule has 0 unspecified atom stereocenters. The van der Waals surface area contributed by atoms with Gasteiger partial charge >= 0.3 is 10.1 Å². The molecule has 0 aromatic carbocycles. The van der Waals surface area contributed by atoms with Crippen LogP contribution >= 0.6 is 0 Å². The highest BCUT2D eigenvalue weighted by atomic mass is 32.2. The Labute approximate surface area is 163 Å². The molecule has 3 heterocycles. The first kappa shape index (κ1) is 18.4. The van der Waals surface area contributed by atoms with Crippen LogP contribution in [-0.2, 0) is 29.6 Å². The SMILES string of the molecule is CS(=O)(=O)Oc1cncc(-c2cc(OCc3ccccn3)nc3c2CCC3)c1. The van der Waals surface area contributed by atoms with Crippen LogP contribution in [0.5, 0.6) is 11.6 Å². The van der Waals surface area contributed by atoms with E-state index in [1.807, 2.05) is 24.3 Å². The summed E-state index contributed by atoms with van der Waals surface area (Å²) in [6, 6.07) is 9.20. The van der Waals surface area contributed by atoms with Crippen LogP contribution in [0.4, 0.5) is 0 Å². The van der Waals surface area contributed by atoms with E-state index < -0.39 is 10.1 Å². The van der Waals surface area contributed by atoms with Crippen LogP contribution in [0.3, 0.4) is 0 Å². The minimum atomic E-state index is -3.62. The normalized spacial score (nSPS) is 13.2. The lowest BCUT2D eigenvalue weighted by molar-refractivity contribution is 0.288. The van der Waals surface area contributed by atoms with Crippen LogP contribution in [0.15, 0.2) is 48.9 Å². The average molecular weight is 397 g/mol. The largest absolute Gasteiger partial charge is 0.471 e. The van der Waals surface area contributed by atoms with Crippen molar-refractivity contribution in [3.8, 4) is 22.8 Å². The van der Waals surface area contributed by atoms with Crippen molar-refractivity contribution in [1.82, 2.24) is 15.0 Å². The summed E-state index contributed by atoms with van der Waals surface area (Å²) in [6.07, 6.45) is 8.61. The molecule has 0 fully saturated rings. The summed E-state index contributed by atoms with van der Waals surface area (Å²) >= 11 is 0. The van der Waals surface area contributed by atoms with Gasteiger partial charge in [-0.2, -0.15) is 8.42 Å². The van der Waals surface area contributed by atoms with Gasteiger partial charge in [0.25, 0.3) is 0 Å². The van der Waals surface area contributed by atoms with Crippen molar-refractivity contribution in [3.05, 3.63) is 65.9 Å². The number of pyridine rings is 3. The summed E-state index contributed by atoms with van der Waals surface area (Å²) in [5.41, 5.74) is 4.66. The maximum atomic E-state index is 11.4. The molecule has 0 saturated heterocycles. The van der Waals surface area contributed by atoms with Gasteiger partial charge in [0.1, 0.15) is 6.61 Å². The molecule has 1 aliphatic carbocycles. The van der Waals surface area contributed by atoms with E-state index in [-0.39, 0.29) is 5.75 Å². The van der Waals surface area contributed by atoms with Gasteiger partial charge in [0.05, 0.1) is 18.1 Å². The molecule has 0 bridgehead atoms. The molecule has 28 heavy (non-hydrogen) atoms. The average Bonchev–Trinajstić information content (AvgIpc) is 3.14. The molecular weight excluding hydrogens is 378 g/mol. The third-order valence-electron chi connectivity index (χ3n) is 4.39. The highest BCUT2D eigenvalue weighted by Gasteiger charge is 2.20. The molecule has 1 aliphatic rings. The van der Waals surface area contributed by atoms with Gasteiger partial charge in [0.2, 0.25) is 5.88 Å². The number of hydrogen-bond donors (Lipinski definition) is 0. The second-order valence-electron chi connectivity index (χ2n) is 6.59. The van der Waals surface area contributed by atoms with Crippen LogP contribution in [-0.4, -0.2) is 29.6 Å². The Morgan fingerprint density at radius 1 is 1.14 bits per heavy atom. The first-order valence-electron chi connectivity index (χ1n) is 8.88. The third kappa shape index (κ3) is 4.28. The van der Waals surface area contributed by atoms with Crippen molar-refractivity contribution in [3.63, 3.8) is 0 Å². The number of rotatable bonds is 6. The molecule has 0 saturated carbocycles. The van der Waals surface area contributed by atoms with E-state index in [1.54, 1.807) is 18.5 Å². The Hall–Kier alpha value is -3.00. The first-order chi connectivity index (χ1) is 13.5. The Morgan fingerprint density at radius 2 is 2.04 bits per heavy atom. The molecule has 0 aliphatic heterocycles. The van der Waals surface area contributed by atoms with Gasteiger partial charge in [-0.25, -0.2) is 4.98 Å². The Kier molecular flexibility index (Phi) is 4.95. The van der Waals surface area contributed by atoms with Gasteiger partial charge in [0.15, 0.2) is 5.75 Å². The molecule has 7 nitrogen and oxygen atoms in total. The van der Waals surface area contributed by atoms with E-state index in [2.05, 4.69) is 15.0 Å². The van der Waals surface area contributed by atoms with Gasteiger partial charge in [-0.05, 0) is 48.6 Å². The van der Waals surface area contributed by atoms with Crippen molar-refractivity contribution >= 4 is 10.1 Å². The highest BCUT2D eigenvalue weighted by molar-refractivity contribution is 7.86. The van der Waals surface area contributed by atoms with Crippen molar-refractivity contribution in [2.24, 2.45) is 0 Å². The standard InChI is InChI=1S/C20H19N3O4S/c1-28(24,25)27-16-9-14(11-21-12-16)18-10-20(23-19-7-4-6-17(18)19)26-13-15-5-2-3-8-22-15/h2-3,5,8-12H,4,6-7,13H2,1H3. The summed E-state index contributed by atoms with van der Waals surface area (Å²) in [5.74, 6) is 0.690. The molecule has 0 radical (unpaired) electrons. The zero-order chi connectivity index (χ0) is 19.6. The molecule has 144 valence electrons. The van der Waals surface area contributed by atoms with Crippen molar-refractivity contribution < 1.29 is 17.3 Å².